The van der Waals surface area contributed by atoms with Crippen LogP contribution in [0.25, 0.3) is 0 Å². The first-order valence-corrected chi connectivity index (χ1v) is 7.96. The van der Waals surface area contributed by atoms with Gasteiger partial charge in [-0.1, -0.05) is 13.8 Å². The van der Waals surface area contributed by atoms with Crippen LogP contribution in [0.5, 0.6) is 0 Å². The number of nitrogens with one attached hydrogen (secondary N) is 1. The monoisotopic (exact) mass is 330 g/mol. The quantitative estimate of drug-likeness (QED) is 0.602. The van der Waals surface area contributed by atoms with Gasteiger partial charge in [0.2, 0.25) is 10.0 Å². The molecule has 1 rings (SSSR count). The summed E-state index contributed by atoms with van der Waals surface area (Å²) in [4.78, 5) is 21.2. The minimum absolute atomic E-state index is 0.0315. The predicted molar refractivity (Wildman–Crippen MR) is 79.2 cm³/mol. The standard InChI is InChI=1S/C13H18N2O6S/c1-7(2)12(13(16)17)14-22(20,21)11-6-8(3)5-10(9(11)4)15(18)19/h5-7,12,14H,1-4H3,(H,16,17)/t12-/m0/s1. The molecule has 0 unspecified atom stereocenters. The van der Waals surface area contributed by atoms with Crippen molar-refractivity contribution in [2.24, 2.45) is 5.92 Å². The predicted octanol–water partition coefficient (Wildman–Crippen LogP) is 1.60. The Morgan fingerprint density at radius 2 is 1.86 bits per heavy atom. The Balaban J connectivity index is 3.41. The minimum Gasteiger partial charge on any atom is -0.480 e. The van der Waals surface area contributed by atoms with E-state index < -0.39 is 32.9 Å². The molecule has 0 fully saturated rings. The number of aliphatic carboxylic acids is 1. The van der Waals surface area contributed by atoms with Crippen LogP contribution in [-0.2, 0) is 14.8 Å². The zero-order valence-corrected chi connectivity index (χ0v) is 13.5. The Bertz CT molecular complexity index is 711. The molecule has 0 spiro atoms. The van der Waals surface area contributed by atoms with Crippen LogP contribution in [0.2, 0.25) is 0 Å². The van der Waals surface area contributed by atoms with Gasteiger partial charge in [0.15, 0.2) is 0 Å². The van der Waals surface area contributed by atoms with Gasteiger partial charge >= 0.3 is 5.97 Å². The molecule has 8 nitrogen and oxygen atoms in total. The van der Waals surface area contributed by atoms with E-state index in [-0.39, 0.29) is 16.1 Å². The molecule has 0 aliphatic rings. The maximum atomic E-state index is 12.4. The molecule has 0 saturated heterocycles. The second kappa shape index (κ2) is 6.41. The minimum atomic E-state index is -4.19. The van der Waals surface area contributed by atoms with E-state index in [1.54, 1.807) is 13.8 Å². The summed E-state index contributed by atoms with van der Waals surface area (Å²) in [6.07, 6.45) is 0. The molecule has 22 heavy (non-hydrogen) atoms. The van der Waals surface area contributed by atoms with Crippen molar-refractivity contribution in [3.05, 3.63) is 33.4 Å². The molecule has 1 aromatic carbocycles. The van der Waals surface area contributed by atoms with E-state index in [9.17, 15) is 23.3 Å². The maximum Gasteiger partial charge on any atom is 0.322 e. The molecule has 9 heteroatoms. The van der Waals surface area contributed by atoms with E-state index in [1.807, 2.05) is 0 Å². The van der Waals surface area contributed by atoms with E-state index in [1.165, 1.54) is 26.0 Å². The normalized spacial score (nSPS) is 13.1. The second-order valence-corrected chi connectivity index (χ2v) is 7.03. The van der Waals surface area contributed by atoms with Gasteiger partial charge in [-0.2, -0.15) is 4.72 Å². The highest BCUT2D eigenvalue weighted by molar-refractivity contribution is 7.89. The average Bonchev–Trinajstić information content (AvgIpc) is 2.37. The lowest BCUT2D eigenvalue weighted by atomic mass is 10.1. The summed E-state index contributed by atoms with van der Waals surface area (Å²) in [7, 11) is -4.19. The summed E-state index contributed by atoms with van der Waals surface area (Å²) in [5, 5.41) is 20.1. The lowest BCUT2D eigenvalue weighted by Gasteiger charge is -2.19. The molecule has 0 aliphatic carbocycles. The number of carboxylic acids is 1. The average molecular weight is 330 g/mol. The first kappa shape index (κ1) is 18.1. The SMILES string of the molecule is Cc1cc([N+](=O)[O-])c(C)c(S(=O)(=O)N[C@H](C(=O)O)C(C)C)c1. The Kier molecular flexibility index (Phi) is 5.26. The molecule has 0 heterocycles. The number of hydrogen-bond donors (Lipinski definition) is 2. The summed E-state index contributed by atoms with van der Waals surface area (Å²) in [5.41, 5.74) is 0.0434. The van der Waals surface area contributed by atoms with Crippen LogP contribution in [0.1, 0.15) is 25.0 Å². The van der Waals surface area contributed by atoms with Gasteiger partial charge in [0.1, 0.15) is 6.04 Å². The summed E-state index contributed by atoms with van der Waals surface area (Å²) in [5.74, 6) is -1.79. The molecule has 0 aliphatic heterocycles. The molecular weight excluding hydrogens is 312 g/mol. The zero-order valence-electron chi connectivity index (χ0n) is 12.7. The molecule has 0 radical (unpaired) electrons. The van der Waals surface area contributed by atoms with Crippen LogP contribution in [0.4, 0.5) is 5.69 Å². The molecule has 0 aromatic heterocycles. The Morgan fingerprint density at radius 3 is 2.27 bits per heavy atom. The van der Waals surface area contributed by atoms with Gasteiger partial charge < -0.3 is 5.11 Å². The number of hydrogen-bond acceptors (Lipinski definition) is 5. The highest BCUT2D eigenvalue weighted by Crippen LogP contribution is 2.27. The number of nitrogens with zero attached hydrogens (tertiary/aromatic N) is 1. The second-order valence-electron chi connectivity index (χ2n) is 5.35. The number of rotatable bonds is 6. The lowest BCUT2D eigenvalue weighted by molar-refractivity contribution is -0.385. The van der Waals surface area contributed by atoms with Gasteiger partial charge in [0, 0.05) is 11.6 Å². The number of benzene rings is 1. The van der Waals surface area contributed by atoms with Crippen molar-refractivity contribution in [2.75, 3.05) is 0 Å². The molecule has 0 amide bonds. The smallest absolute Gasteiger partial charge is 0.322 e. The molecule has 1 atom stereocenters. The van der Waals surface area contributed by atoms with Crippen molar-refractivity contribution in [3.63, 3.8) is 0 Å². The highest BCUT2D eigenvalue weighted by atomic mass is 32.2. The molecule has 0 saturated carbocycles. The molecule has 1 aromatic rings. The topological polar surface area (TPSA) is 127 Å². The molecular formula is C13H18N2O6S. The first-order valence-electron chi connectivity index (χ1n) is 6.48. The summed E-state index contributed by atoms with van der Waals surface area (Å²) < 4.78 is 26.9. The summed E-state index contributed by atoms with van der Waals surface area (Å²) in [6, 6.07) is 1.24. The fourth-order valence-corrected chi connectivity index (χ4v) is 3.66. The van der Waals surface area contributed by atoms with Crippen LogP contribution in [0.3, 0.4) is 0 Å². The Morgan fingerprint density at radius 1 is 1.32 bits per heavy atom. The van der Waals surface area contributed by atoms with Crippen molar-refractivity contribution in [1.82, 2.24) is 4.72 Å². The van der Waals surface area contributed by atoms with E-state index >= 15 is 0 Å². The van der Waals surface area contributed by atoms with E-state index in [2.05, 4.69) is 4.72 Å². The maximum absolute atomic E-state index is 12.4. The lowest BCUT2D eigenvalue weighted by Crippen LogP contribution is -2.44. The van der Waals surface area contributed by atoms with Crippen molar-refractivity contribution < 1.29 is 23.2 Å². The van der Waals surface area contributed by atoms with Gasteiger partial charge in [-0.05, 0) is 31.4 Å². The van der Waals surface area contributed by atoms with Gasteiger partial charge in [-0.3, -0.25) is 14.9 Å². The van der Waals surface area contributed by atoms with Crippen LogP contribution >= 0.6 is 0 Å². The van der Waals surface area contributed by atoms with Crippen LogP contribution in [-0.4, -0.2) is 30.5 Å². The van der Waals surface area contributed by atoms with Crippen LogP contribution < -0.4 is 4.72 Å². The molecule has 2 N–H and O–H groups in total. The van der Waals surface area contributed by atoms with Gasteiger partial charge in [-0.15, -0.1) is 0 Å². The van der Waals surface area contributed by atoms with Crippen molar-refractivity contribution >= 4 is 21.7 Å². The summed E-state index contributed by atoms with van der Waals surface area (Å²) >= 11 is 0. The number of sulfonamides is 1. The number of carboxylic acid groups (broad SMARTS) is 1. The van der Waals surface area contributed by atoms with Gasteiger partial charge in [0.25, 0.3) is 5.69 Å². The van der Waals surface area contributed by atoms with Crippen molar-refractivity contribution in [3.8, 4) is 0 Å². The Hall–Kier alpha value is -2.00. The van der Waals surface area contributed by atoms with E-state index in [0.717, 1.165) is 0 Å². The highest BCUT2D eigenvalue weighted by Gasteiger charge is 2.31. The number of carbonyl (C=O) groups is 1. The molecule has 122 valence electrons. The zero-order chi connectivity index (χ0) is 17.2. The number of aryl methyl sites for hydroxylation is 1. The van der Waals surface area contributed by atoms with Crippen molar-refractivity contribution in [2.45, 2.75) is 38.6 Å². The summed E-state index contributed by atoms with van der Waals surface area (Å²) in [6.45, 7) is 5.97. The Labute approximate surface area is 128 Å². The largest absolute Gasteiger partial charge is 0.480 e. The fraction of sp³-hybridized carbons (Fsp3) is 0.462. The van der Waals surface area contributed by atoms with Gasteiger partial charge in [0.05, 0.1) is 9.82 Å². The molecule has 0 bridgehead atoms. The van der Waals surface area contributed by atoms with E-state index in [0.29, 0.717) is 5.56 Å². The number of nitro groups is 1. The van der Waals surface area contributed by atoms with E-state index in [4.69, 9.17) is 5.11 Å². The fourth-order valence-electron chi connectivity index (χ4n) is 1.98. The first-order chi connectivity index (χ1) is 9.97. The van der Waals surface area contributed by atoms with Crippen molar-refractivity contribution in [1.29, 1.82) is 0 Å². The number of nitro benzene ring substituents is 1. The van der Waals surface area contributed by atoms with Crippen LogP contribution in [0.15, 0.2) is 17.0 Å². The third kappa shape index (κ3) is 3.80. The third-order valence-electron chi connectivity index (χ3n) is 3.18. The van der Waals surface area contributed by atoms with Crippen LogP contribution in [0, 0.1) is 29.9 Å². The van der Waals surface area contributed by atoms with Gasteiger partial charge in [-0.25, -0.2) is 8.42 Å². The third-order valence-corrected chi connectivity index (χ3v) is 4.75.